The third-order valence-corrected chi connectivity index (χ3v) is 3.26. The highest BCUT2D eigenvalue weighted by Crippen LogP contribution is 2.17. The van der Waals surface area contributed by atoms with Gasteiger partial charge in [0.2, 0.25) is 0 Å². The van der Waals surface area contributed by atoms with Crippen LogP contribution in [0.2, 0.25) is 0 Å². The van der Waals surface area contributed by atoms with Gasteiger partial charge in [0, 0.05) is 11.2 Å². The SMILES string of the molecule is CCOC(=O)c1cc(CCCBr)ccc1CCl. The molecule has 0 spiro atoms. The maximum absolute atomic E-state index is 11.8. The largest absolute Gasteiger partial charge is 0.462 e. The van der Waals surface area contributed by atoms with Crippen molar-refractivity contribution in [1.29, 1.82) is 0 Å². The molecule has 0 bridgehead atoms. The Labute approximate surface area is 115 Å². The number of aryl methyl sites for hydroxylation is 1. The average molecular weight is 320 g/mol. The number of ether oxygens (including phenoxy) is 1. The Morgan fingerprint density at radius 1 is 1.47 bits per heavy atom. The van der Waals surface area contributed by atoms with Gasteiger partial charge in [-0.3, -0.25) is 0 Å². The van der Waals surface area contributed by atoms with Crippen molar-refractivity contribution in [2.75, 3.05) is 11.9 Å². The molecule has 2 nitrogen and oxygen atoms in total. The van der Waals surface area contributed by atoms with Gasteiger partial charge in [-0.2, -0.15) is 0 Å². The molecule has 1 aromatic carbocycles. The monoisotopic (exact) mass is 318 g/mol. The molecule has 94 valence electrons. The zero-order valence-corrected chi connectivity index (χ0v) is 12.2. The molecule has 0 heterocycles. The van der Waals surface area contributed by atoms with Crippen LogP contribution in [0.25, 0.3) is 0 Å². The Bertz CT molecular complexity index is 380. The quantitative estimate of drug-likeness (QED) is 0.586. The first-order valence-electron chi connectivity index (χ1n) is 5.63. The Morgan fingerprint density at radius 3 is 2.82 bits per heavy atom. The zero-order chi connectivity index (χ0) is 12.7. The van der Waals surface area contributed by atoms with Crippen LogP contribution in [0.1, 0.15) is 34.8 Å². The van der Waals surface area contributed by atoms with Gasteiger partial charge in [-0.1, -0.05) is 28.1 Å². The Balaban J connectivity index is 2.93. The van der Waals surface area contributed by atoms with Crippen LogP contribution in [0.3, 0.4) is 0 Å². The molecular weight excluding hydrogens is 303 g/mol. The minimum atomic E-state index is -0.288. The average Bonchev–Trinajstić information content (AvgIpc) is 2.36. The number of hydrogen-bond donors (Lipinski definition) is 0. The second kappa shape index (κ2) is 7.72. The molecule has 0 aliphatic rings. The van der Waals surface area contributed by atoms with E-state index < -0.39 is 0 Å². The van der Waals surface area contributed by atoms with Gasteiger partial charge < -0.3 is 4.74 Å². The van der Waals surface area contributed by atoms with E-state index in [4.69, 9.17) is 16.3 Å². The van der Waals surface area contributed by atoms with E-state index in [1.807, 2.05) is 18.2 Å². The number of carbonyl (C=O) groups excluding carboxylic acids is 1. The van der Waals surface area contributed by atoms with Crippen molar-refractivity contribution in [2.24, 2.45) is 0 Å². The zero-order valence-electron chi connectivity index (χ0n) is 9.84. The summed E-state index contributed by atoms with van der Waals surface area (Å²) in [6.07, 6.45) is 1.99. The molecule has 0 amide bonds. The molecule has 0 saturated carbocycles. The highest BCUT2D eigenvalue weighted by molar-refractivity contribution is 9.09. The number of benzene rings is 1. The normalized spacial score (nSPS) is 10.3. The van der Waals surface area contributed by atoms with Crippen molar-refractivity contribution < 1.29 is 9.53 Å². The summed E-state index contributed by atoms with van der Waals surface area (Å²) >= 11 is 9.21. The van der Waals surface area contributed by atoms with E-state index in [-0.39, 0.29) is 5.97 Å². The summed E-state index contributed by atoms with van der Waals surface area (Å²) in [4.78, 5) is 11.8. The maximum atomic E-state index is 11.8. The van der Waals surface area contributed by atoms with Crippen LogP contribution in [-0.2, 0) is 17.0 Å². The number of carbonyl (C=O) groups is 1. The lowest BCUT2D eigenvalue weighted by atomic mass is 10.0. The first kappa shape index (κ1) is 14.5. The van der Waals surface area contributed by atoms with E-state index >= 15 is 0 Å². The molecule has 0 fully saturated rings. The van der Waals surface area contributed by atoms with E-state index in [1.165, 1.54) is 0 Å². The highest BCUT2D eigenvalue weighted by atomic mass is 79.9. The Kier molecular flexibility index (Phi) is 6.60. The standard InChI is InChI=1S/C13H16BrClO2/c1-2-17-13(16)12-8-10(4-3-7-14)5-6-11(12)9-15/h5-6,8H,2-4,7,9H2,1H3. The lowest BCUT2D eigenvalue weighted by Gasteiger charge is -2.09. The number of alkyl halides is 2. The molecule has 4 heteroatoms. The van der Waals surface area contributed by atoms with Gasteiger partial charge in [-0.25, -0.2) is 4.79 Å². The molecule has 0 aliphatic carbocycles. The van der Waals surface area contributed by atoms with Crippen molar-refractivity contribution in [1.82, 2.24) is 0 Å². The summed E-state index contributed by atoms with van der Waals surface area (Å²) in [5.74, 6) is 0.0382. The summed E-state index contributed by atoms with van der Waals surface area (Å²) in [6.45, 7) is 2.18. The molecule has 0 unspecified atom stereocenters. The van der Waals surface area contributed by atoms with Crippen molar-refractivity contribution in [3.63, 3.8) is 0 Å². The first-order valence-corrected chi connectivity index (χ1v) is 7.29. The molecule has 0 atom stereocenters. The van der Waals surface area contributed by atoms with E-state index in [0.717, 1.165) is 29.3 Å². The van der Waals surface area contributed by atoms with Crippen molar-refractivity contribution in [3.05, 3.63) is 34.9 Å². The fourth-order valence-electron chi connectivity index (χ4n) is 1.57. The highest BCUT2D eigenvalue weighted by Gasteiger charge is 2.12. The summed E-state index contributed by atoms with van der Waals surface area (Å²) in [7, 11) is 0. The van der Waals surface area contributed by atoms with E-state index in [2.05, 4.69) is 15.9 Å². The van der Waals surface area contributed by atoms with Crippen molar-refractivity contribution in [3.8, 4) is 0 Å². The van der Waals surface area contributed by atoms with E-state index in [1.54, 1.807) is 6.92 Å². The fraction of sp³-hybridized carbons (Fsp3) is 0.462. The van der Waals surface area contributed by atoms with Crippen LogP contribution in [0.5, 0.6) is 0 Å². The fourth-order valence-corrected chi connectivity index (χ4v) is 2.08. The van der Waals surface area contributed by atoms with Crippen molar-refractivity contribution >= 4 is 33.5 Å². The Hall–Kier alpha value is -0.540. The predicted molar refractivity (Wildman–Crippen MR) is 74.1 cm³/mol. The van der Waals surface area contributed by atoms with E-state index in [9.17, 15) is 4.79 Å². The molecule has 0 N–H and O–H groups in total. The molecule has 17 heavy (non-hydrogen) atoms. The third-order valence-electron chi connectivity index (χ3n) is 2.41. The van der Waals surface area contributed by atoms with Crippen molar-refractivity contribution in [2.45, 2.75) is 25.6 Å². The lowest BCUT2D eigenvalue weighted by molar-refractivity contribution is 0.0525. The molecule has 0 radical (unpaired) electrons. The summed E-state index contributed by atoms with van der Waals surface area (Å²) in [6, 6.07) is 5.81. The van der Waals surface area contributed by atoms with Gasteiger partial charge in [0.1, 0.15) is 0 Å². The van der Waals surface area contributed by atoms with Crippen LogP contribution in [0.15, 0.2) is 18.2 Å². The van der Waals surface area contributed by atoms with Crippen LogP contribution < -0.4 is 0 Å². The summed E-state index contributed by atoms with van der Waals surface area (Å²) in [5.41, 5.74) is 2.56. The molecular formula is C13H16BrClO2. The number of halogens is 2. The smallest absolute Gasteiger partial charge is 0.338 e. The van der Waals surface area contributed by atoms with Gasteiger partial charge in [0.05, 0.1) is 12.2 Å². The Morgan fingerprint density at radius 2 is 2.24 bits per heavy atom. The second-order valence-electron chi connectivity index (χ2n) is 3.64. The second-order valence-corrected chi connectivity index (χ2v) is 4.70. The lowest BCUT2D eigenvalue weighted by Crippen LogP contribution is -2.08. The molecule has 0 aromatic heterocycles. The van der Waals surface area contributed by atoms with Crippen LogP contribution in [0, 0.1) is 0 Å². The predicted octanol–water partition coefficient (Wildman–Crippen LogP) is 3.93. The topological polar surface area (TPSA) is 26.3 Å². The third kappa shape index (κ3) is 4.32. The van der Waals surface area contributed by atoms with Gasteiger partial charge in [-0.05, 0) is 37.0 Å². The van der Waals surface area contributed by atoms with Gasteiger partial charge in [-0.15, -0.1) is 11.6 Å². The summed E-state index contributed by atoms with van der Waals surface area (Å²) < 4.78 is 5.02. The van der Waals surface area contributed by atoms with Crippen LogP contribution >= 0.6 is 27.5 Å². The number of esters is 1. The van der Waals surface area contributed by atoms with Crippen LogP contribution in [-0.4, -0.2) is 17.9 Å². The molecule has 1 rings (SSSR count). The van der Waals surface area contributed by atoms with Crippen LogP contribution in [0.4, 0.5) is 0 Å². The molecule has 1 aromatic rings. The maximum Gasteiger partial charge on any atom is 0.338 e. The first-order chi connectivity index (χ1) is 8.22. The van der Waals surface area contributed by atoms with Gasteiger partial charge in [0.25, 0.3) is 0 Å². The molecule has 0 aliphatic heterocycles. The van der Waals surface area contributed by atoms with Gasteiger partial charge >= 0.3 is 5.97 Å². The minimum Gasteiger partial charge on any atom is -0.462 e. The van der Waals surface area contributed by atoms with E-state index in [0.29, 0.717) is 18.1 Å². The molecule has 0 saturated heterocycles. The number of hydrogen-bond acceptors (Lipinski definition) is 2. The number of rotatable bonds is 6. The summed E-state index contributed by atoms with van der Waals surface area (Å²) in [5, 5.41) is 0.957. The minimum absolute atomic E-state index is 0.288. The van der Waals surface area contributed by atoms with Gasteiger partial charge in [0.15, 0.2) is 0 Å².